The van der Waals surface area contributed by atoms with Gasteiger partial charge in [0.1, 0.15) is 6.10 Å². The van der Waals surface area contributed by atoms with Gasteiger partial charge >= 0.3 is 0 Å². The Morgan fingerprint density at radius 2 is 2.25 bits per heavy atom. The van der Waals surface area contributed by atoms with E-state index in [1.165, 1.54) is 0 Å². The highest BCUT2D eigenvalue weighted by Crippen LogP contribution is 2.20. The maximum Gasteiger partial charge on any atom is 0.102 e. The number of rotatable bonds is 3. The molecule has 0 aliphatic carbocycles. The number of hydrogen-bond acceptors (Lipinski definition) is 4. The van der Waals surface area contributed by atoms with Gasteiger partial charge in [0.15, 0.2) is 0 Å². The molecule has 0 spiro atoms. The molecule has 0 aromatic carbocycles. The molecule has 0 amide bonds. The molecule has 0 radical (unpaired) electrons. The Kier molecular flexibility index (Phi) is 3.07. The topological polar surface area (TPSA) is 50.9 Å². The van der Waals surface area contributed by atoms with Crippen molar-refractivity contribution in [3.63, 3.8) is 0 Å². The normalized spacial score (nSPS) is 13.0. The maximum atomic E-state index is 10.0. The van der Waals surface area contributed by atoms with E-state index >= 15 is 0 Å². The van der Waals surface area contributed by atoms with Crippen molar-refractivity contribution in [2.24, 2.45) is 7.05 Å². The summed E-state index contributed by atoms with van der Waals surface area (Å²) in [5.74, 6) is 0. The zero-order valence-electron chi connectivity index (χ0n) is 9.64. The van der Waals surface area contributed by atoms with Crippen LogP contribution in [0.3, 0.4) is 0 Å². The molecule has 0 saturated carbocycles. The third-order valence-electron chi connectivity index (χ3n) is 2.48. The monoisotopic (exact) mass is 237 g/mol. The molecule has 0 aliphatic heterocycles. The first-order valence-electron chi connectivity index (χ1n) is 5.16. The van der Waals surface area contributed by atoms with Gasteiger partial charge in [0, 0.05) is 24.5 Å². The highest BCUT2D eigenvalue weighted by Gasteiger charge is 2.14. The van der Waals surface area contributed by atoms with Crippen LogP contribution in [0.5, 0.6) is 0 Å². The van der Waals surface area contributed by atoms with Crippen molar-refractivity contribution in [1.82, 2.24) is 14.8 Å². The van der Waals surface area contributed by atoms with Gasteiger partial charge in [-0.25, -0.2) is 4.98 Å². The van der Waals surface area contributed by atoms with E-state index in [4.69, 9.17) is 0 Å². The second kappa shape index (κ2) is 4.35. The molecule has 2 aromatic heterocycles. The van der Waals surface area contributed by atoms with Gasteiger partial charge in [-0.1, -0.05) is 0 Å². The molecule has 1 N–H and O–H groups in total. The van der Waals surface area contributed by atoms with Crippen LogP contribution in [0.4, 0.5) is 0 Å². The Morgan fingerprint density at radius 1 is 1.50 bits per heavy atom. The predicted molar refractivity (Wildman–Crippen MR) is 63.5 cm³/mol. The summed E-state index contributed by atoms with van der Waals surface area (Å²) in [7, 11) is 1.89. The van der Waals surface area contributed by atoms with E-state index in [0.29, 0.717) is 6.42 Å². The molecule has 0 saturated heterocycles. The second-order valence-corrected chi connectivity index (χ2v) is 4.97. The summed E-state index contributed by atoms with van der Waals surface area (Å²) in [6, 6.07) is 1.99. The molecule has 0 fully saturated rings. The van der Waals surface area contributed by atoms with Gasteiger partial charge in [0.2, 0.25) is 0 Å². The zero-order valence-corrected chi connectivity index (χ0v) is 10.5. The van der Waals surface area contributed by atoms with Crippen LogP contribution in [-0.2, 0) is 13.5 Å². The fourth-order valence-electron chi connectivity index (χ4n) is 1.69. The summed E-state index contributed by atoms with van der Waals surface area (Å²) in [6.07, 6.45) is 0.0142. The largest absolute Gasteiger partial charge is 0.386 e. The summed E-state index contributed by atoms with van der Waals surface area (Å²) in [6.45, 7) is 3.89. The minimum atomic E-state index is -0.542. The fraction of sp³-hybridized carbons (Fsp3) is 0.455. The van der Waals surface area contributed by atoms with Crippen LogP contribution in [0.15, 0.2) is 11.4 Å². The Balaban J connectivity index is 2.13. The minimum Gasteiger partial charge on any atom is -0.386 e. The van der Waals surface area contributed by atoms with Crippen LogP contribution in [0, 0.1) is 13.8 Å². The summed E-state index contributed by atoms with van der Waals surface area (Å²) in [4.78, 5) is 4.28. The standard InChI is InChI=1S/C11H15N3OS/c1-7-4-9(14(3)13-7)5-11(15)10-6-16-8(2)12-10/h4,6,11,15H,5H2,1-3H3. The number of nitrogens with zero attached hydrogens (tertiary/aromatic N) is 3. The number of hydrogen-bond donors (Lipinski definition) is 1. The van der Waals surface area contributed by atoms with Crippen molar-refractivity contribution >= 4 is 11.3 Å². The molecule has 16 heavy (non-hydrogen) atoms. The zero-order chi connectivity index (χ0) is 11.7. The molecule has 0 bridgehead atoms. The smallest absolute Gasteiger partial charge is 0.102 e. The number of thiazole rings is 1. The van der Waals surface area contributed by atoms with Crippen molar-refractivity contribution in [3.05, 3.63) is 33.5 Å². The molecule has 1 unspecified atom stereocenters. The number of aliphatic hydroxyl groups excluding tert-OH is 1. The number of aryl methyl sites for hydroxylation is 3. The van der Waals surface area contributed by atoms with Gasteiger partial charge in [-0.15, -0.1) is 11.3 Å². The number of aromatic nitrogens is 3. The van der Waals surface area contributed by atoms with Gasteiger partial charge in [-0.3, -0.25) is 4.68 Å². The first kappa shape index (κ1) is 11.3. The van der Waals surface area contributed by atoms with E-state index in [2.05, 4.69) is 10.1 Å². The van der Waals surface area contributed by atoms with E-state index in [0.717, 1.165) is 22.1 Å². The van der Waals surface area contributed by atoms with Crippen LogP contribution in [-0.4, -0.2) is 19.9 Å². The minimum absolute atomic E-state index is 0.542. The molecule has 5 heteroatoms. The second-order valence-electron chi connectivity index (χ2n) is 3.91. The van der Waals surface area contributed by atoms with Crippen molar-refractivity contribution < 1.29 is 5.11 Å². The number of aliphatic hydroxyl groups is 1. The highest BCUT2D eigenvalue weighted by atomic mass is 32.1. The van der Waals surface area contributed by atoms with E-state index < -0.39 is 6.10 Å². The first-order chi connectivity index (χ1) is 7.56. The Labute approximate surface area is 98.6 Å². The predicted octanol–water partition coefficient (Wildman–Crippen LogP) is 1.77. The fourth-order valence-corrected chi connectivity index (χ4v) is 2.35. The Hall–Kier alpha value is -1.20. The van der Waals surface area contributed by atoms with E-state index in [9.17, 15) is 5.11 Å². The molecule has 1 atom stereocenters. The van der Waals surface area contributed by atoms with Crippen molar-refractivity contribution in [2.75, 3.05) is 0 Å². The van der Waals surface area contributed by atoms with Gasteiger partial charge in [0.25, 0.3) is 0 Å². The van der Waals surface area contributed by atoms with Gasteiger partial charge in [-0.2, -0.15) is 5.10 Å². The van der Waals surface area contributed by atoms with Gasteiger partial charge in [-0.05, 0) is 19.9 Å². The molecule has 4 nitrogen and oxygen atoms in total. The Morgan fingerprint density at radius 3 is 2.75 bits per heavy atom. The first-order valence-corrected chi connectivity index (χ1v) is 6.04. The maximum absolute atomic E-state index is 10.0. The van der Waals surface area contributed by atoms with Crippen LogP contribution in [0.2, 0.25) is 0 Å². The van der Waals surface area contributed by atoms with Gasteiger partial charge in [0.05, 0.1) is 16.4 Å². The lowest BCUT2D eigenvalue weighted by molar-refractivity contribution is 0.171. The summed E-state index contributed by atoms with van der Waals surface area (Å²) in [5.41, 5.74) is 2.75. The molecule has 2 heterocycles. The molecular formula is C11H15N3OS. The molecule has 0 aliphatic rings. The van der Waals surface area contributed by atoms with Crippen LogP contribution < -0.4 is 0 Å². The SMILES string of the molecule is Cc1cc(CC(O)c2csc(C)n2)n(C)n1. The van der Waals surface area contributed by atoms with Crippen LogP contribution >= 0.6 is 11.3 Å². The third-order valence-corrected chi connectivity index (χ3v) is 3.27. The van der Waals surface area contributed by atoms with Crippen molar-refractivity contribution in [3.8, 4) is 0 Å². The van der Waals surface area contributed by atoms with Gasteiger partial charge < -0.3 is 5.11 Å². The summed E-state index contributed by atoms with van der Waals surface area (Å²) < 4.78 is 1.80. The summed E-state index contributed by atoms with van der Waals surface area (Å²) in [5, 5.41) is 17.2. The highest BCUT2D eigenvalue weighted by molar-refractivity contribution is 7.09. The average Bonchev–Trinajstić information content (AvgIpc) is 2.74. The van der Waals surface area contributed by atoms with Crippen molar-refractivity contribution in [1.29, 1.82) is 0 Å². The molecule has 86 valence electrons. The van der Waals surface area contributed by atoms with E-state index in [1.807, 2.05) is 32.3 Å². The lowest BCUT2D eigenvalue weighted by Gasteiger charge is -2.07. The molecule has 2 aromatic rings. The average molecular weight is 237 g/mol. The molecule has 2 rings (SSSR count). The third kappa shape index (κ3) is 2.31. The van der Waals surface area contributed by atoms with E-state index in [1.54, 1.807) is 16.0 Å². The summed E-state index contributed by atoms with van der Waals surface area (Å²) >= 11 is 1.56. The van der Waals surface area contributed by atoms with Crippen LogP contribution in [0.1, 0.15) is 28.2 Å². The van der Waals surface area contributed by atoms with E-state index in [-0.39, 0.29) is 0 Å². The lowest BCUT2D eigenvalue weighted by atomic mass is 10.1. The van der Waals surface area contributed by atoms with Crippen molar-refractivity contribution in [2.45, 2.75) is 26.4 Å². The lowest BCUT2D eigenvalue weighted by Crippen LogP contribution is -2.06. The Bertz CT molecular complexity index is 489. The quantitative estimate of drug-likeness (QED) is 0.885. The molecular weight excluding hydrogens is 222 g/mol. The van der Waals surface area contributed by atoms with Crippen LogP contribution in [0.25, 0.3) is 0 Å².